The molecule has 1 atom stereocenters. The van der Waals surface area contributed by atoms with E-state index in [1.807, 2.05) is 54.6 Å². The fourth-order valence-electron chi connectivity index (χ4n) is 3.57. The van der Waals surface area contributed by atoms with Gasteiger partial charge in [0.25, 0.3) is 0 Å². The summed E-state index contributed by atoms with van der Waals surface area (Å²) in [7, 11) is 0. The number of benzene rings is 3. The van der Waals surface area contributed by atoms with Crippen molar-refractivity contribution in [1.82, 2.24) is 10.2 Å². The average Bonchev–Trinajstić information content (AvgIpc) is 2.72. The van der Waals surface area contributed by atoms with Crippen molar-refractivity contribution in [2.75, 3.05) is 26.2 Å². The maximum Gasteiger partial charge on any atom is 0.127 e. The molecule has 1 heterocycles. The van der Waals surface area contributed by atoms with Crippen molar-refractivity contribution in [2.45, 2.75) is 6.04 Å². The van der Waals surface area contributed by atoms with E-state index in [0.717, 1.165) is 48.8 Å². The Morgan fingerprint density at radius 3 is 2.22 bits per heavy atom. The van der Waals surface area contributed by atoms with Crippen molar-refractivity contribution >= 4 is 0 Å². The van der Waals surface area contributed by atoms with Gasteiger partial charge in [0.1, 0.15) is 17.3 Å². The van der Waals surface area contributed by atoms with Crippen LogP contribution in [0.4, 0.5) is 4.39 Å². The molecule has 1 aliphatic rings. The van der Waals surface area contributed by atoms with Gasteiger partial charge in [-0.25, -0.2) is 4.39 Å². The minimum Gasteiger partial charge on any atom is -0.457 e. The van der Waals surface area contributed by atoms with Crippen LogP contribution in [-0.4, -0.2) is 31.1 Å². The van der Waals surface area contributed by atoms with E-state index in [1.165, 1.54) is 12.1 Å². The van der Waals surface area contributed by atoms with Crippen molar-refractivity contribution in [3.63, 3.8) is 0 Å². The first kappa shape index (κ1) is 17.7. The number of hydrogen-bond donors (Lipinski definition) is 1. The van der Waals surface area contributed by atoms with Gasteiger partial charge >= 0.3 is 0 Å². The molecule has 3 aromatic carbocycles. The molecule has 1 aliphatic heterocycles. The maximum atomic E-state index is 13.5. The molecule has 1 unspecified atom stereocenters. The van der Waals surface area contributed by atoms with E-state index in [9.17, 15) is 4.39 Å². The van der Waals surface area contributed by atoms with Gasteiger partial charge in [-0.2, -0.15) is 0 Å². The molecular formula is C23H23FN2O. The lowest BCUT2D eigenvalue weighted by Gasteiger charge is -2.35. The summed E-state index contributed by atoms with van der Waals surface area (Å²) in [6, 6.07) is 24.9. The summed E-state index contributed by atoms with van der Waals surface area (Å²) in [4.78, 5) is 2.44. The van der Waals surface area contributed by atoms with Gasteiger partial charge < -0.3 is 10.1 Å². The van der Waals surface area contributed by atoms with E-state index in [0.29, 0.717) is 0 Å². The topological polar surface area (TPSA) is 24.5 Å². The number of nitrogens with zero attached hydrogens (tertiary/aromatic N) is 1. The highest BCUT2D eigenvalue weighted by Gasteiger charge is 2.24. The molecule has 0 amide bonds. The predicted octanol–water partition coefficient (Wildman–Crippen LogP) is 4.61. The number of para-hydroxylation sites is 1. The SMILES string of the molecule is Fc1ccc(C(c2cccc(Oc3ccccc3)c2)N2CCNCC2)cc1. The number of hydrogen-bond acceptors (Lipinski definition) is 3. The van der Waals surface area contributed by atoms with E-state index in [1.54, 1.807) is 0 Å². The molecule has 1 fully saturated rings. The quantitative estimate of drug-likeness (QED) is 0.717. The lowest BCUT2D eigenvalue weighted by atomic mass is 9.96. The summed E-state index contributed by atoms with van der Waals surface area (Å²) in [6.07, 6.45) is 0. The first-order valence-corrected chi connectivity index (χ1v) is 9.33. The average molecular weight is 362 g/mol. The Bertz CT molecular complexity index is 861. The fraction of sp³-hybridized carbons (Fsp3) is 0.217. The third-order valence-corrected chi connectivity index (χ3v) is 4.86. The number of rotatable bonds is 5. The fourth-order valence-corrected chi connectivity index (χ4v) is 3.57. The summed E-state index contributed by atoms with van der Waals surface area (Å²) in [6.45, 7) is 3.81. The van der Waals surface area contributed by atoms with E-state index < -0.39 is 0 Å². The van der Waals surface area contributed by atoms with Gasteiger partial charge in [-0.15, -0.1) is 0 Å². The summed E-state index contributed by atoms with van der Waals surface area (Å²) in [5.74, 6) is 1.41. The zero-order valence-corrected chi connectivity index (χ0v) is 15.1. The molecule has 1 saturated heterocycles. The minimum atomic E-state index is -0.209. The van der Waals surface area contributed by atoms with Crippen molar-refractivity contribution in [2.24, 2.45) is 0 Å². The molecule has 1 N–H and O–H groups in total. The lowest BCUT2D eigenvalue weighted by Crippen LogP contribution is -2.45. The van der Waals surface area contributed by atoms with E-state index >= 15 is 0 Å². The Labute approximate surface area is 159 Å². The first-order valence-electron chi connectivity index (χ1n) is 9.33. The number of nitrogens with one attached hydrogen (secondary N) is 1. The highest BCUT2D eigenvalue weighted by molar-refractivity contribution is 5.39. The van der Waals surface area contributed by atoms with Gasteiger partial charge in [-0.1, -0.05) is 42.5 Å². The van der Waals surface area contributed by atoms with Crippen molar-refractivity contribution < 1.29 is 9.13 Å². The monoisotopic (exact) mass is 362 g/mol. The molecule has 0 saturated carbocycles. The van der Waals surface area contributed by atoms with E-state index in [2.05, 4.69) is 22.3 Å². The molecule has 0 bridgehead atoms. The van der Waals surface area contributed by atoms with Crippen LogP contribution in [0.2, 0.25) is 0 Å². The van der Waals surface area contributed by atoms with Crippen LogP contribution in [0.15, 0.2) is 78.9 Å². The standard InChI is InChI=1S/C23H23FN2O/c24-20-11-9-18(10-12-20)23(26-15-13-25-14-16-26)19-5-4-8-22(17-19)27-21-6-2-1-3-7-21/h1-12,17,23,25H,13-16H2. The summed E-state index contributed by atoms with van der Waals surface area (Å²) in [5.41, 5.74) is 2.24. The molecule has 0 aromatic heterocycles. The lowest BCUT2D eigenvalue weighted by molar-refractivity contribution is 0.198. The predicted molar refractivity (Wildman–Crippen MR) is 106 cm³/mol. The zero-order valence-electron chi connectivity index (χ0n) is 15.1. The Kier molecular flexibility index (Phi) is 5.47. The molecule has 27 heavy (non-hydrogen) atoms. The minimum absolute atomic E-state index is 0.0759. The van der Waals surface area contributed by atoms with Gasteiger partial charge in [0.2, 0.25) is 0 Å². The van der Waals surface area contributed by atoms with Crippen LogP contribution in [-0.2, 0) is 0 Å². The van der Waals surface area contributed by atoms with Crippen molar-refractivity contribution in [3.05, 3.63) is 95.8 Å². The molecule has 0 spiro atoms. The first-order chi connectivity index (χ1) is 13.3. The van der Waals surface area contributed by atoms with Crippen molar-refractivity contribution in [1.29, 1.82) is 0 Å². The largest absolute Gasteiger partial charge is 0.457 e. The second-order valence-corrected chi connectivity index (χ2v) is 6.73. The van der Waals surface area contributed by atoms with Crippen LogP contribution in [0.25, 0.3) is 0 Å². The number of halogens is 1. The highest BCUT2D eigenvalue weighted by atomic mass is 19.1. The number of ether oxygens (including phenoxy) is 1. The van der Waals surface area contributed by atoms with Crippen LogP contribution >= 0.6 is 0 Å². The van der Waals surface area contributed by atoms with Crippen LogP contribution in [0.5, 0.6) is 11.5 Å². The molecular weight excluding hydrogens is 339 g/mol. The summed E-state index contributed by atoms with van der Waals surface area (Å²) in [5, 5.41) is 3.40. The van der Waals surface area contributed by atoms with Gasteiger partial charge in [0.05, 0.1) is 6.04 Å². The van der Waals surface area contributed by atoms with Gasteiger partial charge in [-0.05, 0) is 47.5 Å². The van der Waals surface area contributed by atoms with Crippen LogP contribution < -0.4 is 10.1 Å². The van der Waals surface area contributed by atoms with Crippen LogP contribution in [0.1, 0.15) is 17.2 Å². The van der Waals surface area contributed by atoms with Crippen LogP contribution in [0.3, 0.4) is 0 Å². The highest BCUT2D eigenvalue weighted by Crippen LogP contribution is 2.32. The van der Waals surface area contributed by atoms with E-state index in [4.69, 9.17) is 4.74 Å². The van der Waals surface area contributed by atoms with Gasteiger partial charge in [0, 0.05) is 26.2 Å². The summed E-state index contributed by atoms with van der Waals surface area (Å²) >= 11 is 0. The second-order valence-electron chi connectivity index (χ2n) is 6.73. The van der Waals surface area contributed by atoms with Crippen molar-refractivity contribution in [3.8, 4) is 11.5 Å². The van der Waals surface area contributed by atoms with Crippen LogP contribution in [0, 0.1) is 5.82 Å². The Balaban J connectivity index is 1.66. The normalized spacial score (nSPS) is 16.0. The molecule has 4 rings (SSSR count). The Morgan fingerprint density at radius 1 is 0.778 bits per heavy atom. The molecule has 138 valence electrons. The van der Waals surface area contributed by atoms with E-state index in [-0.39, 0.29) is 11.9 Å². The molecule has 3 aromatic rings. The van der Waals surface area contributed by atoms with Gasteiger partial charge in [0.15, 0.2) is 0 Å². The Hall–Kier alpha value is -2.69. The smallest absolute Gasteiger partial charge is 0.127 e. The molecule has 0 radical (unpaired) electrons. The second kappa shape index (κ2) is 8.33. The molecule has 0 aliphatic carbocycles. The third-order valence-electron chi connectivity index (χ3n) is 4.86. The maximum absolute atomic E-state index is 13.5. The number of piperazine rings is 1. The molecule has 3 nitrogen and oxygen atoms in total. The summed E-state index contributed by atoms with van der Waals surface area (Å²) < 4.78 is 19.5. The zero-order chi connectivity index (χ0) is 18.5. The third kappa shape index (κ3) is 4.35. The Morgan fingerprint density at radius 2 is 1.48 bits per heavy atom. The van der Waals surface area contributed by atoms with Gasteiger partial charge in [-0.3, -0.25) is 4.90 Å². The molecule has 4 heteroatoms.